The fourth-order valence-electron chi connectivity index (χ4n) is 4.88. The fraction of sp³-hybridized carbons (Fsp3) is 0.667. The first-order valence-electron chi connectivity index (χ1n) is 9.47. The number of aliphatic hydroxyl groups is 1. The van der Waals surface area contributed by atoms with Gasteiger partial charge in [-0.3, -0.25) is 4.79 Å². The van der Waals surface area contributed by atoms with Crippen LogP contribution in [0.25, 0.3) is 0 Å². The molecule has 0 aliphatic carbocycles. The van der Waals surface area contributed by atoms with Crippen LogP contribution in [0.1, 0.15) is 64.4 Å². The van der Waals surface area contributed by atoms with Gasteiger partial charge in [-0.05, 0) is 51.0 Å². The summed E-state index contributed by atoms with van der Waals surface area (Å²) in [7, 11) is 1.81. The molecular formula is C21H31NO3. The van der Waals surface area contributed by atoms with E-state index < -0.39 is 11.7 Å². The van der Waals surface area contributed by atoms with E-state index in [-0.39, 0.29) is 17.6 Å². The first-order chi connectivity index (χ1) is 11.8. The number of carbonyl (C=O) groups excluding carboxylic acids is 1. The maximum absolute atomic E-state index is 12.2. The molecule has 25 heavy (non-hydrogen) atoms. The highest BCUT2D eigenvalue weighted by Crippen LogP contribution is 2.50. The SMILES string of the molecule is CCC(=O)N(C)[C@@H]1CC[C@@]2(C)C[C@H](c3ccccc3)C[C@](C)(O2)[C@H]1O. The number of carbonyl (C=O) groups is 1. The third-order valence-electron chi connectivity index (χ3n) is 6.23. The Hall–Kier alpha value is -1.39. The predicted molar refractivity (Wildman–Crippen MR) is 98.4 cm³/mol. The van der Waals surface area contributed by atoms with Gasteiger partial charge < -0.3 is 14.7 Å². The van der Waals surface area contributed by atoms with Gasteiger partial charge in [0.15, 0.2) is 0 Å². The van der Waals surface area contributed by atoms with E-state index in [1.54, 1.807) is 4.90 Å². The second-order valence-corrected chi connectivity index (χ2v) is 8.29. The molecule has 2 heterocycles. The van der Waals surface area contributed by atoms with E-state index in [4.69, 9.17) is 4.74 Å². The van der Waals surface area contributed by atoms with Crippen molar-refractivity contribution < 1.29 is 14.6 Å². The zero-order valence-electron chi connectivity index (χ0n) is 15.9. The van der Waals surface area contributed by atoms with Gasteiger partial charge >= 0.3 is 0 Å². The number of amides is 1. The third kappa shape index (κ3) is 3.47. The lowest BCUT2D eigenvalue weighted by Crippen LogP contribution is -2.57. The van der Waals surface area contributed by atoms with Crippen LogP contribution in [0, 0.1) is 0 Å². The van der Waals surface area contributed by atoms with Crippen LogP contribution in [-0.4, -0.2) is 46.3 Å². The van der Waals surface area contributed by atoms with E-state index in [2.05, 4.69) is 31.2 Å². The number of ether oxygens (including phenoxy) is 1. The van der Waals surface area contributed by atoms with Crippen LogP contribution in [0.2, 0.25) is 0 Å². The minimum absolute atomic E-state index is 0.0776. The van der Waals surface area contributed by atoms with Crippen LogP contribution in [0.4, 0.5) is 0 Å². The lowest BCUT2D eigenvalue weighted by Gasteiger charge is -2.49. The van der Waals surface area contributed by atoms with Crippen molar-refractivity contribution in [3.63, 3.8) is 0 Å². The van der Waals surface area contributed by atoms with Gasteiger partial charge in [0.2, 0.25) is 5.91 Å². The molecule has 138 valence electrons. The maximum atomic E-state index is 12.2. The topological polar surface area (TPSA) is 49.8 Å². The Kier molecular flexibility index (Phi) is 4.95. The number of hydrogen-bond donors (Lipinski definition) is 1. The van der Waals surface area contributed by atoms with Crippen LogP contribution in [-0.2, 0) is 9.53 Å². The summed E-state index contributed by atoms with van der Waals surface area (Å²) in [5.74, 6) is 0.444. The molecule has 0 unspecified atom stereocenters. The molecule has 2 aliphatic heterocycles. The summed E-state index contributed by atoms with van der Waals surface area (Å²) < 4.78 is 6.49. The molecule has 1 aromatic rings. The van der Waals surface area contributed by atoms with Gasteiger partial charge in [-0.2, -0.15) is 0 Å². The normalized spacial score (nSPS) is 38.0. The van der Waals surface area contributed by atoms with Crippen molar-refractivity contribution in [2.75, 3.05) is 7.05 Å². The molecule has 2 saturated heterocycles. The number of benzene rings is 1. The summed E-state index contributed by atoms with van der Waals surface area (Å²) in [6, 6.07) is 10.3. The van der Waals surface area contributed by atoms with E-state index in [0.717, 1.165) is 25.7 Å². The monoisotopic (exact) mass is 345 g/mol. The molecule has 1 aromatic carbocycles. The quantitative estimate of drug-likeness (QED) is 0.912. The molecular weight excluding hydrogens is 314 g/mol. The maximum Gasteiger partial charge on any atom is 0.222 e. The molecule has 2 bridgehead atoms. The molecule has 4 heteroatoms. The molecule has 1 N–H and O–H groups in total. The molecule has 2 aliphatic rings. The molecule has 0 aromatic heterocycles. The Morgan fingerprint density at radius 2 is 1.96 bits per heavy atom. The summed E-state index contributed by atoms with van der Waals surface area (Å²) >= 11 is 0. The van der Waals surface area contributed by atoms with Crippen molar-refractivity contribution in [1.29, 1.82) is 0 Å². The van der Waals surface area contributed by atoms with Gasteiger partial charge in [0.25, 0.3) is 0 Å². The second-order valence-electron chi connectivity index (χ2n) is 8.29. The second kappa shape index (κ2) is 6.73. The van der Waals surface area contributed by atoms with Gasteiger partial charge in [0.1, 0.15) is 6.10 Å². The van der Waals surface area contributed by atoms with E-state index in [1.807, 2.05) is 27.0 Å². The third-order valence-corrected chi connectivity index (χ3v) is 6.23. The van der Waals surface area contributed by atoms with E-state index >= 15 is 0 Å². The minimum atomic E-state index is -0.679. The smallest absolute Gasteiger partial charge is 0.222 e. The molecule has 3 rings (SSSR count). The Morgan fingerprint density at radius 1 is 1.28 bits per heavy atom. The Bertz CT molecular complexity index is 619. The predicted octanol–water partition coefficient (Wildman–Crippen LogP) is 3.49. The number of fused-ring (bicyclic) bond motifs is 2. The Labute approximate surface area is 151 Å². The van der Waals surface area contributed by atoms with E-state index in [0.29, 0.717) is 12.3 Å². The molecule has 4 nitrogen and oxygen atoms in total. The van der Waals surface area contributed by atoms with Crippen molar-refractivity contribution in [3.05, 3.63) is 35.9 Å². The summed E-state index contributed by atoms with van der Waals surface area (Å²) in [6.07, 6.45) is 3.14. The lowest BCUT2D eigenvalue weighted by atomic mass is 9.74. The fourth-order valence-corrected chi connectivity index (χ4v) is 4.88. The van der Waals surface area contributed by atoms with Gasteiger partial charge in [-0.15, -0.1) is 0 Å². The summed E-state index contributed by atoms with van der Waals surface area (Å²) in [5.41, 5.74) is 0.405. The first-order valence-corrected chi connectivity index (χ1v) is 9.47. The summed E-state index contributed by atoms with van der Waals surface area (Å²) in [4.78, 5) is 13.9. The highest BCUT2D eigenvalue weighted by Gasteiger charge is 2.53. The minimum Gasteiger partial charge on any atom is -0.388 e. The first kappa shape index (κ1) is 18.4. The zero-order chi connectivity index (χ0) is 18.2. The molecule has 0 saturated carbocycles. The number of aliphatic hydroxyl groups excluding tert-OH is 1. The largest absolute Gasteiger partial charge is 0.388 e. The highest BCUT2D eigenvalue weighted by molar-refractivity contribution is 5.75. The van der Waals surface area contributed by atoms with Crippen LogP contribution in [0.3, 0.4) is 0 Å². The molecule has 5 atom stereocenters. The van der Waals surface area contributed by atoms with Crippen molar-refractivity contribution in [2.24, 2.45) is 0 Å². The van der Waals surface area contributed by atoms with Gasteiger partial charge in [0, 0.05) is 13.5 Å². The lowest BCUT2D eigenvalue weighted by molar-refractivity contribution is -0.215. The summed E-state index contributed by atoms with van der Waals surface area (Å²) in [5, 5.41) is 11.2. The van der Waals surface area contributed by atoms with Gasteiger partial charge in [0.05, 0.1) is 17.2 Å². The van der Waals surface area contributed by atoms with Crippen molar-refractivity contribution in [3.8, 4) is 0 Å². The molecule has 0 spiro atoms. The number of likely N-dealkylation sites (N-methyl/N-ethyl adjacent to an activating group) is 1. The van der Waals surface area contributed by atoms with Crippen LogP contribution >= 0.6 is 0 Å². The Balaban J connectivity index is 1.91. The molecule has 0 radical (unpaired) electrons. The number of rotatable bonds is 3. The standard InChI is InChI=1S/C21H31NO3/c1-5-18(23)22(4)17-11-12-20(2)13-16(15-9-7-6-8-10-15)14-21(3,25-20)19(17)24/h6-10,16-17,19,24H,5,11-14H2,1-4H3/t16-,17+,19-,20-,21-/m0/s1. The van der Waals surface area contributed by atoms with Crippen molar-refractivity contribution in [2.45, 2.75) is 82.1 Å². The average Bonchev–Trinajstić information content (AvgIpc) is 2.66. The molecule has 1 amide bonds. The number of nitrogens with zero attached hydrogens (tertiary/aromatic N) is 1. The number of hydrogen-bond acceptors (Lipinski definition) is 3. The van der Waals surface area contributed by atoms with Crippen LogP contribution < -0.4 is 0 Å². The molecule has 2 fully saturated rings. The van der Waals surface area contributed by atoms with E-state index in [9.17, 15) is 9.90 Å². The highest BCUT2D eigenvalue weighted by atomic mass is 16.5. The van der Waals surface area contributed by atoms with Gasteiger partial charge in [-0.25, -0.2) is 0 Å². The summed E-state index contributed by atoms with van der Waals surface area (Å²) in [6.45, 7) is 6.05. The Morgan fingerprint density at radius 3 is 2.60 bits per heavy atom. The van der Waals surface area contributed by atoms with Crippen molar-refractivity contribution >= 4 is 5.91 Å². The van der Waals surface area contributed by atoms with Crippen molar-refractivity contribution in [1.82, 2.24) is 4.90 Å². The van der Waals surface area contributed by atoms with Gasteiger partial charge in [-0.1, -0.05) is 37.3 Å². The zero-order valence-corrected chi connectivity index (χ0v) is 15.9. The van der Waals surface area contributed by atoms with Crippen LogP contribution in [0.5, 0.6) is 0 Å². The van der Waals surface area contributed by atoms with E-state index in [1.165, 1.54) is 5.56 Å². The van der Waals surface area contributed by atoms with Crippen LogP contribution in [0.15, 0.2) is 30.3 Å². The average molecular weight is 345 g/mol.